The Kier molecular flexibility index (Phi) is 3.63. The Morgan fingerprint density at radius 3 is 2.88 bits per heavy atom. The lowest BCUT2D eigenvalue weighted by atomic mass is 10.1. The zero-order valence-electron chi connectivity index (χ0n) is 9.17. The Labute approximate surface area is 107 Å². The van der Waals surface area contributed by atoms with Gasteiger partial charge in [-0.25, -0.2) is 13.8 Å². The minimum absolute atomic E-state index is 0.0675. The molecule has 1 aromatic rings. The summed E-state index contributed by atoms with van der Waals surface area (Å²) in [6, 6.07) is 3.41. The molecule has 0 spiro atoms. The molecular weight excluding hydrogens is 294 g/mol. The molecule has 0 radical (unpaired) electrons. The summed E-state index contributed by atoms with van der Waals surface area (Å²) < 4.78 is 27.2. The molecule has 6 heteroatoms. The van der Waals surface area contributed by atoms with Crippen LogP contribution in [0.2, 0.25) is 0 Å². The molecule has 1 N–H and O–H groups in total. The zero-order valence-corrected chi connectivity index (χ0v) is 10.8. The van der Waals surface area contributed by atoms with Gasteiger partial charge in [-0.15, -0.1) is 0 Å². The van der Waals surface area contributed by atoms with Gasteiger partial charge in [-0.2, -0.15) is 0 Å². The van der Waals surface area contributed by atoms with Crippen molar-refractivity contribution in [1.82, 2.24) is 4.98 Å². The lowest BCUT2D eigenvalue weighted by Crippen LogP contribution is -2.43. The highest BCUT2D eigenvalue weighted by molar-refractivity contribution is 9.10. The molecule has 3 nitrogen and oxygen atoms in total. The minimum Gasteiger partial charge on any atom is -0.390 e. The van der Waals surface area contributed by atoms with Crippen molar-refractivity contribution in [2.24, 2.45) is 0 Å². The minimum atomic E-state index is -2.65. The first-order chi connectivity index (χ1) is 8.02. The van der Waals surface area contributed by atoms with E-state index in [1.165, 1.54) is 0 Å². The van der Waals surface area contributed by atoms with Gasteiger partial charge in [-0.1, -0.05) is 0 Å². The van der Waals surface area contributed by atoms with Crippen molar-refractivity contribution in [3.8, 4) is 0 Å². The number of rotatable bonds is 2. The topological polar surface area (TPSA) is 36.4 Å². The molecule has 0 unspecified atom stereocenters. The highest BCUT2D eigenvalue weighted by atomic mass is 79.9. The summed E-state index contributed by atoms with van der Waals surface area (Å²) >= 11 is 3.19. The Morgan fingerprint density at radius 1 is 1.47 bits per heavy atom. The third-order valence-corrected chi connectivity index (χ3v) is 3.24. The summed E-state index contributed by atoms with van der Waals surface area (Å²) in [5, 5.41) is 9.21. The number of hydrogen-bond acceptors (Lipinski definition) is 3. The van der Waals surface area contributed by atoms with Crippen LogP contribution < -0.4 is 4.90 Å². The number of pyridine rings is 1. The number of anilines is 1. The molecule has 1 aromatic heterocycles. The SMILES string of the molecule is OCc1nc(Br)ccc1N1CCCC(F)(F)C1. The number of piperidine rings is 1. The molecule has 1 aliphatic rings. The van der Waals surface area contributed by atoms with Crippen LogP contribution in [0.1, 0.15) is 18.5 Å². The largest absolute Gasteiger partial charge is 0.390 e. The van der Waals surface area contributed by atoms with Crippen molar-refractivity contribution in [3.05, 3.63) is 22.4 Å². The zero-order chi connectivity index (χ0) is 12.5. The van der Waals surface area contributed by atoms with E-state index in [0.29, 0.717) is 29.0 Å². The summed E-state index contributed by atoms with van der Waals surface area (Å²) in [5.74, 6) is -2.65. The van der Waals surface area contributed by atoms with Crippen LogP contribution in [0.5, 0.6) is 0 Å². The fourth-order valence-electron chi connectivity index (χ4n) is 2.04. The van der Waals surface area contributed by atoms with Crippen LogP contribution in [0.4, 0.5) is 14.5 Å². The van der Waals surface area contributed by atoms with Gasteiger partial charge in [0.15, 0.2) is 0 Å². The Balaban J connectivity index is 2.27. The maximum Gasteiger partial charge on any atom is 0.265 e. The number of halogens is 3. The van der Waals surface area contributed by atoms with Gasteiger partial charge in [0, 0.05) is 13.0 Å². The molecular formula is C11H13BrF2N2O. The van der Waals surface area contributed by atoms with Gasteiger partial charge in [0.25, 0.3) is 5.92 Å². The Hall–Kier alpha value is -0.750. The van der Waals surface area contributed by atoms with Gasteiger partial charge < -0.3 is 10.0 Å². The van der Waals surface area contributed by atoms with Crippen LogP contribution in [-0.2, 0) is 6.61 Å². The van der Waals surface area contributed by atoms with Crippen molar-refractivity contribution >= 4 is 21.6 Å². The van der Waals surface area contributed by atoms with E-state index in [4.69, 9.17) is 0 Å². The van der Waals surface area contributed by atoms with Crippen molar-refractivity contribution in [2.45, 2.75) is 25.4 Å². The molecule has 1 aliphatic heterocycles. The molecule has 0 amide bonds. The van der Waals surface area contributed by atoms with E-state index in [2.05, 4.69) is 20.9 Å². The van der Waals surface area contributed by atoms with Crippen LogP contribution >= 0.6 is 15.9 Å². The monoisotopic (exact) mass is 306 g/mol. The molecule has 1 fully saturated rings. The Bertz CT molecular complexity index is 414. The van der Waals surface area contributed by atoms with Crippen LogP contribution in [0, 0.1) is 0 Å². The summed E-state index contributed by atoms with van der Waals surface area (Å²) in [6.07, 6.45) is 0.385. The van der Waals surface area contributed by atoms with Crippen LogP contribution in [0.3, 0.4) is 0 Å². The summed E-state index contributed by atoms with van der Waals surface area (Å²) in [7, 11) is 0. The van der Waals surface area contributed by atoms with Gasteiger partial charge in [-0.3, -0.25) is 0 Å². The molecule has 0 aliphatic carbocycles. The molecule has 0 bridgehead atoms. The van der Waals surface area contributed by atoms with Crippen LogP contribution in [0.15, 0.2) is 16.7 Å². The maximum atomic E-state index is 13.3. The standard InChI is InChI=1S/C11H13BrF2N2O/c12-10-3-2-9(8(6-17)15-10)16-5-1-4-11(13,14)7-16/h2-3,17H,1,4-7H2. The lowest BCUT2D eigenvalue weighted by Gasteiger charge is -2.34. The first-order valence-corrected chi connectivity index (χ1v) is 6.20. The van der Waals surface area contributed by atoms with E-state index in [9.17, 15) is 13.9 Å². The van der Waals surface area contributed by atoms with E-state index >= 15 is 0 Å². The number of aromatic nitrogens is 1. The average Bonchev–Trinajstić information content (AvgIpc) is 2.27. The highest BCUT2D eigenvalue weighted by Gasteiger charge is 2.35. The second-order valence-electron chi connectivity index (χ2n) is 4.14. The third-order valence-electron chi connectivity index (χ3n) is 2.80. The predicted molar refractivity (Wildman–Crippen MR) is 64.3 cm³/mol. The van der Waals surface area contributed by atoms with Gasteiger partial charge in [0.1, 0.15) is 4.60 Å². The summed E-state index contributed by atoms with van der Waals surface area (Å²) in [5.41, 5.74) is 1.02. The summed E-state index contributed by atoms with van der Waals surface area (Å²) in [4.78, 5) is 5.69. The van der Waals surface area contributed by atoms with Crippen LogP contribution in [0.25, 0.3) is 0 Å². The fourth-order valence-corrected chi connectivity index (χ4v) is 2.39. The van der Waals surface area contributed by atoms with Crippen molar-refractivity contribution in [3.63, 3.8) is 0 Å². The van der Waals surface area contributed by atoms with Gasteiger partial charge in [-0.05, 0) is 34.5 Å². The quantitative estimate of drug-likeness (QED) is 0.853. The predicted octanol–water partition coefficient (Wildman–Crippen LogP) is 2.57. The van der Waals surface area contributed by atoms with Gasteiger partial charge >= 0.3 is 0 Å². The normalized spacial score (nSPS) is 19.4. The molecule has 0 saturated carbocycles. The molecule has 2 rings (SSSR count). The maximum absolute atomic E-state index is 13.3. The molecule has 0 aromatic carbocycles. The highest BCUT2D eigenvalue weighted by Crippen LogP contribution is 2.31. The molecule has 2 heterocycles. The molecule has 1 saturated heterocycles. The van der Waals surface area contributed by atoms with Crippen molar-refractivity contribution in [1.29, 1.82) is 0 Å². The van der Waals surface area contributed by atoms with E-state index in [1.54, 1.807) is 17.0 Å². The number of hydrogen-bond donors (Lipinski definition) is 1. The number of alkyl halides is 2. The van der Waals surface area contributed by atoms with E-state index in [-0.39, 0.29) is 19.6 Å². The second-order valence-corrected chi connectivity index (χ2v) is 4.95. The first-order valence-electron chi connectivity index (χ1n) is 5.41. The van der Waals surface area contributed by atoms with E-state index in [1.807, 2.05) is 0 Å². The van der Waals surface area contributed by atoms with Crippen LogP contribution in [-0.4, -0.2) is 29.1 Å². The number of aliphatic hydroxyl groups excluding tert-OH is 1. The van der Waals surface area contributed by atoms with Crippen molar-refractivity contribution in [2.75, 3.05) is 18.0 Å². The van der Waals surface area contributed by atoms with E-state index in [0.717, 1.165) is 0 Å². The third kappa shape index (κ3) is 2.93. The van der Waals surface area contributed by atoms with Gasteiger partial charge in [0.05, 0.1) is 24.5 Å². The van der Waals surface area contributed by atoms with Gasteiger partial charge in [0.2, 0.25) is 0 Å². The molecule has 94 valence electrons. The summed E-state index contributed by atoms with van der Waals surface area (Å²) in [6.45, 7) is 0.0199. The van der Waals surface area contributed by atoms with Crippen molar-refractivity contribution < 1.29 is 13.9 Å². The number of nitrogens with zero attached hydrogens (tertiary/aromatic N) is 2. The lowest BCUT2D eigenvalue weighted by molar-refractivity contribution is -0.0117. The molecule has 0 atom stereocenters. The smallest absolute Gasteiger partial charge is 0.265 e. The number of aliphatic hydroxyl groups is 1. The molecule has 17 heavy (non-hydrogen) atoms. The average molecular weight is 307 g/mol. The fraction of sp³-hybridized carbons (Fsp3) is 0.545. The first kappa shape index (κ1) is 12.7. The van der Waals surface area contributed by atoms with E-state index < -0.39 is 5.92 Å². The second kappa shape index (κ2) is 4.86. The Morgan fingerprint density at radius 2 is 2.24 bits per heavy atom.